The average Bonchev–Trinajstić information content (AvgIpc) is 2.46. The molecule has 108 valence electrons. The third-order valence-electron chi connectivity index (χ3n) is 3.09. The van der Waals surface area contributed by atoms with Crippen LogP contribution in [0.3, 0.4) is 0 Å². The van der Waals surface area contributed by atoms with Crippen LogP contribution >= 0.6 is 0 Å². The van der Waals surface area contributed by atoms with Crippen LogP contribution in [0.15, 0.2) is 30.3 Å². The van der Waals surface area contributed by atoms with Crippen molar-refractivity contribution in [3.8, 4) is 17.2 Å². The number of rotatable bonds is 0. The average molecular weight is 286 g/mol. The highest BCUT2D eigenvalue weighted by Gasteiger charge is 2.34. The fraction of sp³-hybridized carbons (Fsp3) is 0.125. The number of benzene rings is 2. The van der Waals surface area contributed by atoms with Gasteiger partial charge in [-0.3, -0.25) is 9.59 Å². The summed E-state index contributed by atoms with van der Waals surface area (Å²) in [4.78, 5) is 24.5. The molecule has 0 unspecified atom stereocenters. The van der Waals surface area contributed by atoms with Gasteiger partial charge in [-0.2, -0.15) is 0 Å². The van der Waals surface area contributed by atoms with Gasteiger partial charge in [0.25, 0.3) is 0 Å². The van der Waals surface area contributed by atoms with E-state index < -0.39 is 17.3 Å². The molecule has 0 saturated heterocycles. The predicted octanol–water partition coefficient (Wildman–Crippen LogP) is 2.61. The van der Waals surface area contributed by atoms with Crippen LogP contribution < -0.4 is 0 Å². The standard InChI is InChI=1S/C14H8O5.C2H6/c15-6-4-8-12(10(17)5-6)14(19)11-7(13(8)18)2-1-3-9(11)16;1-2/h1-5,15-17H;1-2H3. The Morgan fingerprint density at radius 3 is 2.05 bits per heavy atom. The van der Waals surface area contributed by atoms with Gasteiger partial charge in [0.1, 0.15) is 17.2 Å². The van der Waals surface area contributed by atoms with Crippen molar-refractivity contribution in [2.75, 3.05) is 0 Å². The van der Waals surface area contributed by atoms with Gasteiger partial charge in [-0.05, 0) is 12.1 Å². The largest absolute Gasteiger partial charge is 0.508 e. The third-order valence-corrected chi connectivity index (χ3v) is 3.09. The van der Waals surface area contributed by atoms with Crippen molar-refractivity contribution in [2.24, 2.45) is 0 Å². The van der Waals surface area contributed by atoms with E-state index in [1.807, 2.05) is 13.8 Å². The third kappa shape index (κ3) is 2.12. The molecule has 1 aliphatic rings. The number of phenols is 3. The zero-order valence-corrected chi connectivity index (χ0v) is 11.5. The maximum Gasteiger partial charge on any atom is 0.201 e. The van der Waals surface area contributed by atoms with Gasteiger partial charge in [0.2, 0.25) is 5.78 Å². The Morgan fingerprint density at radius 1 is 0.762 bits per heavy atom. The Bertz CT molecular complexity index is 747. The molecule has 0 aromatic heterocycles. The summed E-state index contributed by atoms with van der Waals surface area (Å²) in [5, 5.41) is 28.8. The number of hydrogen-bond acceptors (Lipinski definition) is 5. The fourth-order valence-corrected chi connectivity index (χ4v) is 2.27. The maximum absolute atomic E-state index is 12.3. The second-order valence-electron chi connectivity index (χ2n) is 4.25. The quantitative estimate of drug-likeness (QED) is 0.590. The minimum absolute atomic E-state index is 0.0579. The van der Waals surface area contributed by atoms with Crippen LogP contribution in [0.25, 0.3) is 0 Å². The highest BCUT2D eigenvalue weighted by Crippen LogP contribution is 2.38. The zero-order valence-electron chi connectivity index (χ0n) is 11.5. The molecule has 0 radical (unpaired) electrons. The molecule has 0 spiro atoms. The van der Waals surface area contributed by atoms with Crippen LogP contribution in [-0.2, 0) is 0 Å². The first-order chi connectivity index (χ1) is 10.0. The predicted molar refractivity (Wildman–Crippen MR) is 76.1 cm³/mol. The first kappa shape index (κ1) is 14.6. The fourth-order valence-electron chi connectivity index (χ4n) is 2.27. The Morgan fingerprint density at radius 2 is 1.38 bits per heavy atom. The van der Waals surface area contributed by atoms with Crippen LogP contribution in [0.2, 0.25) is 0 Å². The van der Waals surface area contributed by atoms with Crippen molar-refractivity contribution in [2.45, 2.75) is 13.8 Å². The first-order valence-corrected chi connectivity index (χ1v) is 6.48. The SMILES string of the molecule is CC.O=C1c2cccc(O)c2C(=O)c2c(O)cc(O)cc21. The molecule has 0 aliphatic heterocycles. The molecule has 0 fully saturated rings. The summed E-state index contributed by atoms with van der Waals surface area (Å²) in [6, 6.07) is 6.27. The monoisotopic (exact) mass is 286 g/mol. The van der Waals surface area contributed by atoms with Gasteiger partial charge >= 0.3 is 0 Å². The zero-order chi connectivity index (χ0) is 15.7. The second-order valence-corrected chi connectivity index (χ2v) is 4.25. The van der Waals surface area contributed by atoms with E-state index >= 15 is 0 Å². The molecule has 0 heterocycles. The van der Waals surface area contributed by atoms with E-state index in [1.165, 1.54) is 18.2 Å². The van der Waals surface area contributed by atoms with E-state index in [0.29, 0.717) is 0 Å². The maximum atomic E-state index is 12.3. The number of phenolic OH excluding ortho intramolecular Hbond substituents is 3. The molecule has 0 saturated carbocycles. The van der Waals surface area contributed by atoms with E-state index in [-0.39, 0.29) is 33.8 Å². The number of aromatic hydroxyl groups is 3. The van der Waals surface area contributed by atoms with Crippen molar-refractivity contribution in [3.63, 3.8) is 0 Å². The summed E-state index contributed by atoms with van der Waals surface area (Å²) in [7, 11) is 0. The van der Waals surface area contributed by atoms with Crippen molar-refractivity contribution < 1.29 is 24.9 Å². The van der Waals surface area contributed by atoms with Gasteiger partial charge in [0, 0.05) is 17.2 Å². The molecule has 2 aromatic rings. The van der Waals surface area contributed by atoms with Crippen LogP contribution in [-0.4, -0.2) is 26.9 Å². The number of fused-ring (bicyclic) bond motifs is 2. The first-order valence-electron chi connectivity index (χ1n) is 6.48. The number of hydrogen-bond donors (Lipinski definition) is 3. The summed E-state index contributed by atoms with van der Waals surface area (Å²) in [6.07, 6.45) is 0. The molecule has 3 N–H and O–H groups in total. The van der Waals surface area contributed by atoms with E-state index in [0.717, 1.165) is 12.1 Å². The number of carbonyl (C=O) groups excluding carboxylic acids is 2. The smallest absolute Gasteiger partial charge is 0.201 e. The Hall–Kier alpha value is -2.82. The molecular formula is C16H14O5. The normalized spacial score (nSPS) is 12.1. The van der Waals surface area contributed by atoms with E-state index in [1.54, 1.807) is 0 Å². The van der Waals surface area contributed by atoms with Gasteiger partial charge in [-0.1, -0.05) is 26.0 Å². The second kappa shape index (κ2) is 5.28. The molecular weight excluding hydrogens is 272 g/mol. The summed E-state index contributed by atoms with van der Waals surface area (Å²) < 4.78 is 0. The molecule has 5 heteroatoms. The van der Waals surface area contributed by atoms with Gasteiger partial charge < -0.3 is 15.3 Å². The summed E-state index contributed by atoms with van der Waals surface area (Å²) in [5.41, 5.74) is -0.333. The van der Waals surface area contributed by atoms with Crippen LogP contribution in [0.5, 0.6) is 17.2 Å². The van der Waals surface area contributed by atoms with E-state index in [4.69, 9.17) is 0 Å². The summed E-state index contributed by atoms with van der Waals surface area (Å²) in [5.74, 6) is -2.26. The molecule has 21 heavy (non-hydrogen) atoms. The van der Waals surface area contributed by atoms with Gasteiger partial charge in [0.05, 0.1) is 11.1 Å². The van der Waals surface area contributed by atoms with Gasteiger partial charge in [-0.15, -0.1) is 0 Å². The Balaban J connectivity index is 0.000000774. The van der Waals surface area contributed by atoms with Crippen molar-refractivity contribution >= 4 is 11.6 Å². The van der Waals surface area contributed by atoms with Crippen LogP contribution in [0, 0.1) is 0 Å². The number of carbonyl (C=O) groups is 2. The van der Waals surface area contributed by atoms with Crippen molar-refractivity contribution in [1.29, 1.82) is 0 Å². The van der Waals surface area contributed by atoms with E-state index in [9.17, 15) is 24.9 Å². The molecule has 2 aromatic carbocycles. The molecule has 0 bridgehead atoms. The Labute approximate surface area is 121 Å². The summed E-state index contributed by atoms with van der Waals surface area (Å²) >= 11 is 0. The molecule has 5 nitrogen and oxygen atoms in total. The molecule has 3 rings (SSSR count). The van der Waals surface area contributed by atoms with Crippen molar-refractivity contribution in [3.05, 3.63) is 52.6 Å². The lowest BCUT2D eigenvalue weighted by Gasteiger charge is -2.19. The van der Waals surface area contributed by atoms with Gasteiger partial charge in [0.15, 0.2) is 5.78 Å². The highest BCUT2D eigenvalue weighted by atomic mass is 16.3. The highest BCUT2D eigenvalue weighted by molar-refractivity contribution is 6.30. The van der Waals surface area contributed by atoms with E-state index in [2.05, 4.69) is 0 Å². The van der Waals surface area contributed by atoms with Crippen molar-refractivity contribution in [1.82, 2.24) is 0 Å². The minimum Gasteiger partial charge on any atom is -0.508 e. The molecule has 0 atom stereocenters. The number of ketones is 2. The van der Waals surface area contributed by atoms with Gasteiger partial charge in [-0.25, -0.2) is 0 Å². The Kier molecular flexibility index (Phi) is 3.67. The van der Waals surface area contributed by atoms with Crippen LogP contribution in [0.1, 0.15) is 45.7 Å². The lowest BCUT2D eigenvalue weighted by atomic mass is 9.83. The molecule has 0 amide bonds. The lowest BCUT2D eigenvalue weighted by Crippen LogP contribution is -2.21. The summed E-state index contributed by atoms with van der Waals surface area (Å²) in [6.45, 7) is 4.00. The van der Waals surface area contributed by atoms with Crippen LogP contribution in [0.4, 0.5) is 0 Å². The lowest BCUT2D eigenvalue weighted by molar-refractivity contribution is 0.0974. The molecule has 1 aliphatic carbocycles. The minimum atomic E-state index is -0.639. The topological polar surface area (TPSA) is 94.8 Å².